The molecule has 0 unspecified atom stereocenters. The van der Waals surface area contributed by atoms with Crippen molar-refractivity contribution < 1.29 is 14.3 Å². The Labute approximate surface area is 79.5 Å². The smallest absolute Gasteiger partial charge is 0.309 e. The van der Waals surface area contributed by atoms with Crippen LogP contribution < -0.4 is 0 Å². The lowest BCUT2D eigenvalue weighted by Gasteiger charge is -2.21. The summed E-state index contributed by atoms with van der Waals surface area (Å²) in [6, 6.07) is 0. The van der Waals surface area contributed by atoms with Gasteiger partial charge in [0.1, 0.15) is 11.4 Å². The van der Waals surface area contributed by atoms with Crippen LogP contribution in [0.15, 0.2) is 0 Å². The summed E-state index contributed by atoms with van der Waals surface area (Å²) in [6.07, 6.45) is 0.259. The molecular formula is C10H18O3. The van der Waals surface area contributed by atoms with Gasteiger partial charge in [0.2, 0.25) is 0 Å². The fraction of sp³-hybridized carbons (Fsp3) is 0.800. The van der Waals surface area contributed by atoms with E-state index in [9.17, 15) is 9.59 Å². The normalized spacial score (nSPS) is 13.6. The summed E-state index contributed by atoms with van der Waals surface area (Å²) in [6.45, 7) is 8.61. The van der Waals surface area contributed by atoms with Crippen LogP contribution in [-0.2, 0) is 14.3 Å². The van der Waals surface area contributed by atoms with E-state index in [-0.39, 0.29) is 24.1 Å². The number of ether oxygens (including phenoxy) is 1. The SMILES string of the molecule is CC(=O)C[C@@H](C)C(=O)OC(C)(C)C. The topological polar surface area (TPSA) is 43.4 Å². The highest BCUT2D eigenvalue weighted by molar-refractivity contribution is 5.82. The van der Waals surface area contributed by atoms with Gasteiger partial charge >= 0.3 is 5.97 Å². The quantitative estimate of drug-likeness (QED) is 0.633. The Bertz CT molecular complexity index is 201. The molecule has 0 amide bonds. The summed E-state index contributed by atoms with van der Waals surface area (Å²) in [5, 5.41) is 0. The molecular weight excluding hydrogens is 168 g/mol. The molecule has 0 rings (SSSR count). The lowest BCUT2D eigenvalue weighted by Crippen LogP contribution is -2.28. The second kappa shape index (κ2) is 4.40. The van der Waals surface area contributed by atoms with Crippen molar-refractivity contribution in [2.75, 3.05) is 0 Å². The molecule has 3 heteroatoms. The molecule has 0 aliphatic heterocycles. The van der Waals surface area contributed by atoms with Crippen molar-refractivity contribution in [2.24, 2.45) is 5.92 Å². The minimum absolute atomic E-state index is 0.0124. The molecule has 3 nitrogen and oxygen atoms in total. The molecule has 0 aliphatic rings. The average molecular weight is 186 g/mol. The molecule has 13 heavy (non-hydrogen) atoms. The van der Waals surface area contributed by atoms with Gasteiger partial charge in [0.05, 0.1) is 5.92 Å². The van der Waals surface area contributed by atoms with Crippen LogP contribution in [0, 0.1) is 5.92 Å². The van der Waals surface area contributed by atoms with Gasteiger partial charge < -0.3 is 9.53 Å². The van der Waals surface area contributed by atoms with Gasteiger partial charge in [-0.05, 0) is 27.7 Å². The molecule has 0 bridgehead atoms. The van der Waals surface area contributed by atoms with Gasteiger partial charge in [0.15, 0.2) is 0 Å². The van der Waals surface area contributed by atoms with Crippen LogP contribution in [0.3, 0.4) is 0 Å². The third-order valence-corrected chi connectivity index (χ3v) is 1.40. The molecule has 0 saturated heterocycles. The largest absolute Gasteiger partial charge is 0.460 e. The van der Waals surface area contributed by atoms with Crippen LogP contribution in [-0.4, -0.2) is 17.4 Å². The molecule has 0 aromatic heterocycles. The zero-order chi connectivity index (χ0) is 10.6. The second-order valence-corrected chi connectivity index (χ2v) is 4.34. The van der Waals surface area contributed by atoms with Crippen LogP contribution in [0.1, 0.15) is 41.0 Å². The molecule has 76 valence electrons. The van der Waals surface area contributed by atoms with Crippen molar-refractivity contribution in [1.82, 2.24) is 0 Å². The summed E-state index contributed by atoms with van der Waals surface area (Å²) < 4.78 is 5.11. The summed E-state index contributed by atoms with van der Waals surface area (Å²) >= 11 is 0. The Morgan fingerprint density at radius 1 is 1.31 bits per heavy atom. The number of carbonyl (C=O) groups is 2. The lowest BCUT2D eigenvalue weighted by molar-refractivity contribution is -0.160. The Kier molecular flexibility index (Phi) is 4.11. The van der Waals surface area contributed by atoms with Crippen LogP contribution >= 0.6 is 0 Å². The van der Waals surface area contributed by atoms with Gasteiger partial charge in [-0.1, -0.05) is 6.92 Å². The highest BCUT2D eigenvalue weighted by Gasteiger charge is 2.22. The van der Waals surface area contributed by atoms with E-state index in [1.54, 1.807) is 6.92 Å². The number of Topliss-reactive ketones (excluding diaryl/α,β-unsaturated/α-hetero) is 1. The Balaban J connectivity index is 4.05. The molecule has 1 atom stereocenters. The van der Waals surface area contributed by atoms with Gasteiger partial charge in [-0.3, -0.25) is 4.79 Å². The number of hydrogen-bond acceptors (Lipinski definition) is 3. The average Bonchev–Trinajstić information content (AvgIpc) is 1.81. The number of hydrogen-bond donors (Lipinski definition) is 0. The van der Waals surface area contributed by atoms with E-state index in [2.05, 4.69) is 0 Å². The maximum atomic E-state index is 11.3. The van der Waals surface area contributed by atoms with Crippen molar-refractivity contribution >= 4 is 11.8 Å². The standard InChI is InChI=1S/C10H18O3/c1-7(6-8(2)11)9(12)13-10(3,4)5/h7H,6H2,1-5H3/t7-/m1/s1. The molecule has 0 fully saturated rings. The van der Waals surface area contributed by atoms with E-state index < -0.39 is 5.60 Å². The van der Waals surface area contributed by atoms with Crippen molar-refractivity contribution in [3.8, 4) is 0 Å². The molecule has 0 heterocycles. The summed E-state index contributed by atoms with van der Waals surface area (Å²) in [5.74, 6) is -0.627. The first kappa shape index (κ1) is 12.1. The summed E-state index contributed by atoms with van der Waals surface area (Å²) in [4.78, 5) is 22.0. The molecule has 0 saturated carbocycles. The minimum Gasteiger partial charge on any atom is -0.460 e. The predicted molar refractivity (Wildman–Crippen MR) is 50.3 cm³/mol. The second-order valence-electron chi connectivity index (χ2n) is 4.34. The Hall–Kier alpha value is -0.860. The number of carbonyl (C=O) groups excluding carboxylic acids is 2. The zero-order valence-electron chi connectivity index (χ0n) is 9.01. The first-order valence-electron chi connectivity index (χ1n) is 4.44. The number of ketones is 1. The summed E-state index contributed by atoms with van der Waals surface area (Å²) in [5.41, 5.74) is -0.470. The third kappa shape index (κ3) is 6.31. The maximum Gasteiger partial charge on any atom is 0.309 e. The van der Waals surface area contributed by atoms with E-state index in [4.69, 9.17) is 4.74 Å². The predicted octanol–water partition coefficient (Wildman–Crippen LogP) is 1.94. The highest BCUT2D eigenvalue weighted by atomic mass is 16.6. The molecule has 0 N–H and O–H groups in total. The van der Waals surface area contributed by atoms with E-state index in [1.165, 1.54) is 6.92 Å². The monoisotopic (exact) mass is 186 g/mol. The number of rotatable bonds is 3. The molecule has 0 aromatic carbocycles. The van der Waals surface area contributed by atoms with Crippen LogP contribution in [0.5, 0.6) is 0 Å². The van der Waals surface area contributed by atoms with E-state index >= 15 is 0 Å². The Morgan fingerprint density at radius 3 is 2.08 bits per heavy atom. The Morgan fingerprint density at radius 2 is 1.77 bits per heavy atom. The summed E-state index contributed by atoms with van der Waals surface area (Å²) in [7, 11) is 0. The van der Waals surface area contributed by atoms with Gasteiger partial charge in [0.25, 0.3) is 0 Å². The molecule has 0 radical (unpaired) electrons. The zero-order valence-corrected chi connectivity index (χ0v) is 9.01. The fourth-order valence-corrected chi connectivity index (χ4v) is 0.917. The van der Waals surface area contributed by atoms with Crippen molar-refractivity contribution in [3.63, 3.8) is 0 Å². The molecule has 0 aliphatic carbocycles. The maximum absolute atomic E-state index is 11.3. The molecule has 0 aromatic rings. The van der Waals surface area contributed by atoms with E-state index in [0.717, 1.165) is 0 Å². The lowest BCUT2D eigenvalue weighted by atomic mass is 10.1. The van der Waals surface area contributed by atoms with Crippen LogP contribution in [0.2, 0.25) is 0 Å². The van der Waals surface area contributed by atoms with E-state index in [0.29, 0.717) is 0 Å². The third-order valence-electron chi connectivity index (χ3n) is 1.40. The van der Waals surface area contributed by atoms with Crippen molar-refractivity contribution in [1.29, 1.82) is 0 Å². The van der Waals surface area contributed by atoms with Crippen LogP contribution in [0.25, 0.3) is 0 Å². The first-order valence-corrected chi connectivity index (χ1v) is 4.44. The first-order chi connectivity index (χ1) is 5.72. The van der Waals surface area contributed by atoms with E-state index in [1.807, 2.05) is 20.8 Å². The number of esters is 1. The highest BCUT2D eigenvalue weighted by Crippen LogP contribution is 2.13. The van der Waals surface area contributed by atoms with Gasteiger partial charge in [-0.15, -0.1) is 0 Å². The van der Waals surface area contributed by atoms with Gasteiger partial charge in [0, 0.05) is 6.42 Å². The van der Waals surface area contributed by atoms with Crippen LogP contribution in [0.4, 0.5) is 0 Å². The van der Waals surface area contributed by atoms with Gasteiger partial charge in [-0.25, -0.2) is 0 Å². The minimum atomic E-state index is -0.470. The van der Waals surface area contributed by atoms with Crippen molar-refractivity contribution in [3.05, 3.63) is 0 Å². The van der Waals surface area contributed by atoms with Crippen molar-refractivity contribution in [2.45, 2.75) is 46.6 Å². The fourth-order valence-electron chi connectivity index (χ4n) is 0.917. The van der Waals surface area contributed by atoms with Gasteiger partial charge in [-0.2, -0.15) is 0 Å². The molecule has 0 spiro atoms.